The van der Waals surface area contributed by atoms with Gasteiger partial charge in [0, 0.05) is 6.61 Å². The quantitative estimate of drug-likeness (QED) is 0.763. The van der Waals surface area contributed by atoms with Crippen molar-refractivity contribution in [3.63, 3.8) is 0 Å². The SMILES string of the molecule is Cc1cc(C)cc(C2(N)CCCOC2)c1. The third-order valence-electron chi connectivity index (χ3n) is 3.07. The van der Waals surface area contributed by atoms with E-state index in [2.05, 4.69) is 32.0 Å². The van der Waals surface area contributed by atoms with Crippen LogP contribution < -0.4 is 5.73 Å². The number of aryl methyl sites for hydroxylation is 2. The molecule has 1 unspecified atom stereocenters. The molecular weight excluding hydrogens is 186 g/mol. The third-order valence-corrected chi connectivity index (χ3v) is 3.07. The van der Waals surface area contributed by atoms with Crippen LogP contribution in [-0.4, -0.2) is 13.2 Å². The molecule has 1 saturated heterocycles. The Morgan fingerprint density at radius 2 is 1.87 bits per heavy atom. The maximum atomic E-state index is 6.39. The Morgan fingerprint density at radius 3 is 2.40 bits per heavy atom. The molecule has 2 N–H and O–H groups in total. The van der Waals surface area contributed by atoms with Crippen molar-refractivity contribution in [1.82, 2.24) is 0 Å². The van der Waals surface area contributed by atoms with Crippen LogP contribution in [0.25, 0.3) is 0 Å². The van der Waals surface area contributed by atoms with Crippen LogP contribution in [0, 0.1) is 13.8 Å². The molecule has 0 bridgehead atoms. The molecule has 1 aliphatic rings. The molecule has 1 fully saturated rings. The Balaban J connectivity index is 2.34. The van der Waals surface area contributed by atoms with Gasteiger partial charge in [-0.25, -0.2) is 0 Å². The predicted molar refractivity (Wildman–Crippen MR) is 61.8 cm³/mol. The lowest BCUT2D eigenvalue weighted by Gasteiger charge is -2.34. The van der Waals surface area contributed by atoms with Crippen LogP contribution in [0.3, 0.4) is 0 Å². The van der Waals surface area contributed by atoms with Crippen molar-refractivity contribution in [1.29, 1.82) is 0 Å². The molecule has 2 nitrogen and oxygen atoms in total. The number of hydrogen-bond donors (Lipinski definition) is 1. The standard InChI is InChI=1S/C13H19NO/c1-10-6-11(2)8-12(7-10)13(14)4-3-5-15-9-13/h6-8H,3-5,9,14H2,1-2H3. The molecule has 0 aromatic heterocycles. The smallest absolute Gasteiger partial charge is 0.0688 e. The first-order valence-electron chi connectivity index (χ1n) is 5.56. The second-order valence-corrected chi connectivity index (χ2v) is 4.69. The largest absolute Gasteiger partial charge is 0.379 e. The molecule has 0 radical (unpaired) electrons. The summed E-state index contributed by atoms with van der Waals surface area (Å²) < 4.78 is 5.49. The highest BCUT2D eigenvalue weighted by atomic mass is 16.5. The first kappa shape index (κ1) is 10.7. The van der Waals surface area contributed by atoms with Gasteiger partial charge in [0.25, 0.3) is 0 Å². The van der Waals surface area contributed by atoms with E-state index in [-0.39, 0.29) is 5.54 Å². The maximum Gasteiger partial charge on any atom is 0.0688 e. The molecule has 2 rings (SSSR count). The highest BCUT2D eigenvalue weighted by Gasteiger charge is 2.30. The molecule has 0 saturated carbocycles. The Labute approximate surface area is 91.4 Å². The van der Waals surface area contributed by atoms with Gasteiger partial charge in [0.05, 0.1) is 12.1 Å². The molecule has 1 aromatic rings. The Morgan fingerprint density at radius 1 is 1.20 bits per heavy atom. The van der Waals surface area contributed by atoms with Crippen LogP contribution >= 0.6 is 0 Å². The number of rotatable bonds is 1. The summed E-state index contributed by atoms with van der Waals surface area (Å²) in [6.45, 7) is 5.73. The van der Waals surface area contributed by atoms with Crippen molar-refractivity contribution in [2.75, 3.05) is 13.2 Å². The van der Waals surface area contributed by atoms with E-state index in [0.29, 0.717) is 6.61 Å². The van der Waals surface area contributed by atoms with E-state index >= 15 is 0 Å². The van der Waals surface area contributed by atoms with Gasteiger partial charge in [-0.1, -0.05) is 29.3 Å². The van der Waals surface area contributed by atoms with E-state index in [1.54, 1.807) is 0 Å². The lowest BCUT2D eigenvalue weighted by atomic mass is 9.84. The molecule has 0 amide bonds. The van der Waals surface area contributed by atoms with E-state index < -0.39 is 0 Å². The van der Waals surface area contributed by atoms with Crippen LogP contribution in [0.1, 0.15) is 29.5 Å². The number of benzene rings is 1. The predicted octanol–water partition coefficient (Wildman–Crippen LogP) is 2.27. The summed E-state index contributed by atoms with van der Waals surface area (Å²) in [7, 11) is 0. The van der Waals surface area contributed by atoms with Gasteiger partial charge < -0.3 is 10.5 Å². The van der Waals surface area contributed by atoms with E-state index in [1.165, 1.54) is 16.7 Å². The summed E-state index contributed by atoms with van der Waals surface area (Å²) in [4.78, 5) is 0. The summed E-state index contributed by atoms with van der Waals surface area (Å²) >= 11 is 0. The van der Waals surface area contributed by atoms with Crippen LogP contribution in [0.4, 0.5) is 0 Å². The summed E-state index contributed by atoms with van der Waals surface area (Å²) in [6.07, 6.45) is 2.08. The lowest BCUT2D eigenvalue weighted by molar-refractivity contribution is 0.0366. The summed E-state index contributed by atoms with van der Waals surface area (Å²) in [5.41, 5.74) is 9.90. The molecule has 1 aromatic carbocycles. The van der Waals surface area contributed by atoms with E-state index in [0.717, 1.165) is 19.4 Å². The average molecular weight is 205 g/mol. The summed E-state index contributed by atoms with van der Waals surface area (Å²) in [5.74, 6) is 0. The van der Waals surface area contributed by atoms with Gasteiger partial charge in [0.15, 0.2) is 0 Å². The minimum Gasteiger partial charge on any atom is -0.379 e. The third kappa shape index (κ3) is 2.21. The topological polar surface area (TPSA) is 35.2 Å². The highest BCUT2D eigenvalue weighted by molar-refractivity contribution is 5.33. The number of ether oxygens (including phenoxy) is 1. The fraction of sp³-hybridized carbons (Fsp3) is 0.538. The van der Waals surface area contributed by atoms with Crippen molar-refractivity contribution in [2.24, 2.45) is 5.73 Å². The van der Waals surface area contributed by atoms with Gasteiger partial charge in [-0.05, 0) is 32.3 Å². The molecule has 2 heteroatoms. The molecule has 0 spiro atoms. The maximum absolute atomic E-state index is 6.39. The van der Waals surface area contributed by atoms with Gasteiger partial charge in [-0.2, -0.15) is 0 Å². The molecule has 0 aliphatic carbocycles. The van der Waals surface area contributed by atoms with Crippen molar-refractivity contribution in [3.05, 3.63) is 34.9 Å². The second kappa shape index (κ2) is 3.95. The van der Waals surface area contributed by atoms with Crippen LogP contribution in [0.5, 0.6) is 0 Å². The van der Waals surface area contributed by atoms with Crippen molar-refractivity contribution < 1.29 is 4.74 Å². The van der Waals surface area contributed by atoms with Crippen LogP contribution in [-0.2, 0) is 10.3 Å². The van der Waals surface area contributed by atoms with Gasteiger partial charge >= 0.3 is 0 Å². The molecular formula is C13H19NO. The molecule has 1 aliphatic heterocycles. The first-order valence-corrected chi connectivity index (χ1v) is 5.56. The average Bonchev–Trinajstić information content (AvgIpc) is 2.17. The monoisotopic (exact) mass is 205 g/mol. The highest BCUT2D eigenvalue weighted by Crippen LogP contribution is 2.28. The lowest BCUT2D eigenvalue weighted by Crippen LogP contribution is -2.44. The number of nitrogens with two attached hydrogens (primary N) is 1. The van der Waals surface area contributed by atoms with E-state index in [4.69, 9.17) is 10.5 Å². The minimum absolute atomic E-state index is 0.269. The molecule has 1 atom stereocenters. The fourth-order valence-electron chi connectivity index (χ4n) is 2.31. The second-order valence-electron chi connectivity index (χ2n) is 4.69. The Kier molecular flexibility index (Phi) is 2.81. The molecule has 1 heterocycles. The van der Waals surface area contributed by atoms with E-state index in [9.17, 15) is 0 Å². The molecule has 15 heavy (non-hydrogen) atoms. The first-order chi connectivity index (χ1) is 7.10. The van der Waals surface area contributed by atoms with Crippen molar-refractivity contribution in [2.45, 2.75) is 32.2 Å². The van der Waals surface area contributed by atoms with E-state index in [1.807, 2.05) is 0 Å². The van der Waals surface area contributed by atoms with Gasteiger partial charge in [-0.15, -0.1) is 0 Å². The van der Waals surface area contributed by atoms with Crippen molar-refractivity contribution >= 4 is 0 Å². The zero-order chi connectivity index (χ0) is 10.9. The van der Waals surface area contributed by atoms with Gasteiger partial charge in [0.2, 0.25) is 0 Å². The molecule has 82 valence electrons. The van der Waals surface area contributed by atoms with Crippen molar-refractivity contribution in [3.8, 4) is 0 Å². The van der Waals surface area contributed by atoms with Gasteiger partial charge in [0.1, 0.15) is 0 Å². The Hall–Kier alpha value is -0.860. The van der Waals surface area contributed by atoms with Crippen LogP contribution in [0.15, 0.2) is 18.2 Å². The minimum atomic E-state index is -0.269. The zero-order valence-electron chi connectivity index (χ0n) is 9.55. The normalized spacial score (nSPS) is 26.6. The summed E-state index contributed by atoms with van der Waals surface area (Å²) in [5, 5.41) is 0. The Bertz CT molecular complexity index is 333. The zero-order valence-corrected chi connectivity index (χ0v) is 9.55. The fourth-order valence-corrected chi connectivity index (χ4v) is 2.31. The summed E-state index contributed by atoms with van der Waals surface area (Å²) in [6, 6.07) is 6.54. The van der Waals surface area contributed by atoms with Crippen LogP contribution in [0.2, 0.25) is 0 Å². The number of hydrogen-bond acceptors (Lipinski definition) is 2. The van der Waals surface area contributed by atoms with Gasteiger partial charge in [-0.3, -0.25) is 0 Å².